The molecule has 3 nitrogen and oxygen atoms in total. The van der Waals surface area contributed by atoms with Crippen molar-refractivity contribution in [3.8, 4) is 5.75 Å². The molecule has 110 valence electrons. The van der Waals surface area contributed by atoms with Crippen molar-refractivity contribution in [2.75, 3.05) is 6.61 Å². The first-order chi connectivity index (χ1) is 9.75. The summed E-state index contributed by atoms with van der Waals surface area (Å²) in [5, 5.41) is 14.0. The highest BCUT2D eigenvalue weighted by Crippen LogP contribution is 2.29. The third kappa shape index (κ3) is 3.74. The molecule has 0 bridgehead atoms. The summed E-state index contributed by atoms with van der Waals surface area (Å²) in [7, 11) is 0. The molecule has 0 heterocycles. The molecule has 0 aromatic heterocycles. The Kier molecular flexibility index (Phi) is 4.27. The van der Waals surface area contributed by atoms with Gasteiger partial charge in [-0.05, 0) is 31.7 Å². The highest BCUT2D eigenvalue weighted by molar-refractivity contribution is 5.33. The van der Waals surface area contributed by atoms with Crippen LogP contribution in [0.5, 0.6) is 5.75 Å². The van der Waals surface area contributed by atoms with Gasteiger partial charge in [-0.15, -0.1) is 0 Å². The maximum Gasteiger partial charge on any atom is 0.123 e. The summed E-state index contributed by atoms with van der Waals surface area (Å²) in [6.45, 7) is 1.28. The fraction of sp³-hybridized carbons (Fsp3) is 0.647. The molecule has 2 N–H and O–H groups in total. The van der Waals surface area contributed by atoms with E-state index in [1.54, 1.807) is 0 Å². The zero-order chi connectivity index (χ0) is 13.8. The summed E-state index contributed by atoms with van der Waals surface area (Å²) in [5.41, 5.74) is 0.578. The van der Waals surface area contributed by atoms with E-state index in [-0.39, 0.29) is 0 Å². The van der Waals surface area contributed by atoms with Crippen LogP contribution in [0.1, 0.15) is 50.5 Å². The zero-order valence-electron chi connectivity index (χ0n) is 12.1. The Morgan fingerprint density at radius 1 is 1.15 bits per heavy atom. The predicted molar refractivity (Wildman–Crippen MR) is 79.8 cm³/mol. The lowest BCUT2D eigenvalue weighted by Gasteiger charge is -2.32. The predicted octanol–water partition coefficient (Wildman–Crippen LogP) is 3.01. The van der Waals surface area contributed by atoms with Crippen LogP contribution in [0.15, 0.2) is 24.3 Å². The molecule has 0 spiro atoms. The van der Waals surface area contributed by atoms with E-state index in [0.29, 0.717) is 12.6 Å². The molecule has 1 aromatic rings. The Morgan fingerprint density at radius 3 is 2.65 bits per heavy atom. The standard InChI is InChI=1S/C17H25NO2/c19-17(10-4-1-5-11-17)13-20-16-7-3-2-6-14(16)12-18-15-8-9-15/h2-3,6-7,15,18-19H,1,4-5,8-13H2. The van der Waals surface area contributed by atoms with Crippen LogP contribution in [-0.4, -0.2) is 23.4 Å². The van der Waals surface area contributed by atoms with Gasteiger partial charge in [0.25, 0.3) is 0 Å². The van der Waals surface area contributed by atoms with E-state index in [1.807, 2.05) is 18.2 Å². The van der Waals surface area contributed by atoms with Gasteiger partial charge in [0.2, 0.25) is 0 Å². The average Bonchev–Trinajstić information content (AvgIpc) is 3.29. The van der Waals surface area contributed by atoms with Gasteiger partial charge < -0.3 is 15.2 Å². The van der Waals surface area contributed by atoms with E-state index in [9.17, 15) is 5.11 Å². The maximum absolute atomic E-state index is 10.5. The van der Waals surface area contributed by atoms with Crippen LogP contribution in [0.3, 0.4) is 0 Å². The second kappa shape index (κ2) is 6.15. The molecule has 0 atom stereocenters. The van der Waals surface area contributed by atoms with E-state index >= 15 is 0 Å². The molecule has 3 rings (SSSR count). The van der Waals surface area contributed by atoms with Crippen LogP contribution in [0.25, 0.3) is 0 Å². The molecule has 2 saturated carbocycles. The molecular formula is C17H25NO2. The van der Waals surface area contributed by atoms with Crippen molar-refractivity contribution >= 4 is 0 Å². The summed E-state index contributed by atoms with van der Waals surface area (Å²) >= 11 is 0. The minimum atomic E-state index is -0.616. The topological polar surface area (TPSA) is 41.5 Å². The highest BCUT2D eigenvalue weighted by atomic mass is 16.5. The van der Waals surface area contributed by atoms with Crippen molar-refractivity contribution < 1.29 is 9.84 Å². The van der Waals surface area contributed by atoms with Crippen LogP contribution in [0.4, 0.5) is 0 Å². The van der Waals surface area contributed by atoms with Gasteiger partial charge in [-0.3, -0.25) is 0 Å². The monoisotopic (exact) mass is 275 g/mol. The van der Waals surface area contributed by atoms with Gasteiger partial charge in [-0.2, -0.15) is 0 Å². The van der Waals surface area contributed by atoms with Crippen molar-refractivity contribution in [1.29, 1.82) is 0 Å². The number of hydrogen-bond donors (Lipinski definition) is 2. The van der Waals surface area contributed by atoms with Crippen LogP contribution in [-0.2, 0) is 6.54 Å². The lowest BCUT2D eigenvalue weighted by molar-refractivity contribution is -0.0341. The van der Waals surface area contributed by atoms with Gasteiger partial charge in [0.15, 0.2) is 0 Å². The molecule has 0 unspecified atom stereocenters. The lowest BCUT2D eigenvalue weighted by Crippen LogP contribution is -2.38. The summed E-state index contributed by atoms with van der Waals surface area (Å²) in [5.74, 6) is 0.916. The van der Waals surface area contributed by atoms with Gasteiger partial charge >= 0.3 is 0 Å². The minimum Gasteiger partial charge on any atom is -0.490 e. The largest absolute Gasteiger partial charge is 0.490 e. The van der Waals surface area contributed by atoms with Gasteiger partial charge in [0.1, 0.15) is 12.4 Å². The van der Waals surface area contributed by atoms with Crippen molar-refractivity contribution in [1.82, 2.24) is 5.32 Å². The third-order valence-electron chi connectivity index (χ3n) is 4.41. The summed E-state index contributed by atoms with van der Waals surface area (Å²) in [4.78, 5) is 0. The Labute approximate surface area is 121 Å². The normalized spacial score (nSPS) is 21.6. The first kappa shape index (κ1) is 13.9. The lowest BCUT2D eigenvalue weighted by atomic mass is 9.85. The van der Waals surface area contributed by atoms with Gasteiger partial charge in [-0.25, -0.2) is 0 Å². The molecule has 0 radical (unpaired) electrons. The van der Waals surface area contributed by atoms with Gasteiger partial charge in [-0.1, -0.05) is 37.5 Å². The summed E-state index contributed by atoms with van der Waals surface area (Å²) in [6.07, 6.45) is 7.80. The molecule has 0 saturated heterocycles. The first-order valence-electron chi connectivity index (χ1n) is 7.92. The smallest absolute Gasteiger partial charge is 0.123 e. The van der Waals surface area contributed by atoms with E-state index in [2.05, 4.69) is 11.4 Å². The summed E-state index contributed by atoms with van der Waals surface area (Å²) < 4.78 is 5.94. The molecule has 2 aliphatic carbocycles. The van der Waals surface area contributed by atoms with Gasteiger partial charge in [0.05, 0.1) is 5.60 Å². The second-order valence-electron chi connectivity index (χ2n) is 6.34. The molecule has 0 aliphatic heterocycles. The fourth-order valence-corrected chi connectivity index (χ4v) is 2.90. The molecule has 1 aromatic carbocycles. The number of rotatable bonds is 6. The molecular weight excluding hydrogens is 250 g/mol. The number of para-hydroxylation sites is 1. The van der Waals surface area contributed by atoms with E-state index in [0.717, 1.165) is 38.0 Å². The van der Waals surface area contributed by atoms with Crippen LogP contribution >= 0.6 is 0 Å². The molecule has 20 heavy (non-hydrogen) atoms. The first-order valence-corrected chi connectivity index (χ1v) is 7.92. The van der Waals surface area contributed by atoms with E-state index in [4.69, 9.17) is 4.74 Å². The molecule has 3 heteroatoms. The van der Waals surface area contributed by atoms with Crippen molar-refractivity contribution in [3.63, 3.8) is 0 Å². The van der Waals surface area contributed by atoms with Crippen LogP contribution in [0, 0.1) is 0 Å². The molecule has 2 aliphatic rings. The number of nitrogens with one attached hydrogen (secondary N) is 1. The van der Waals surface area contributed by atoms with E-state index in [1.165, 1.54) is 24.8 Å². The Morgan fingerprint density at radius 2 is 1.90 bits per heavy atom. The van der Waals surface area contributed by atoms with Crippen LogP contribution in [0.2, 0.25) is 0 Å². The third-order valence-corrected chi connectivity index (χ3v) is 4.41. The van der Waals surface area contributed by atoms with Gasteiger partial charge in [0, 0.05) is 18.2 Å². The molecule has 0 amide bonds. The Hall–Kier alpha value is -1.06. The van der Waals surface area contributed by atoms with Crippen molar-refractivity contribution in [2.45, 2.75) is 63.1 Å². The Balaban J connectivity index is 1.57. The highest BCUT2D eigenvalue weighted by Gasteiger charge is 2.30. The zero-order valence-corrected chi connectivity index (χ0v) is 12.1. The number of ether oxygens (including phenoxy) is 1. The maximum atomic E-state index is 10.5. The van der Waals surface area contributed by atoms with Crippen LogP contribution < -0.4 is 10.1 Å². The Bertz CT molecular complexity index is 436. The van der Waals surface area contributed by atoms with Crippen molar-refractivity contribution in [3.05, 3.63) is 29.8 Å². The number of benzene rings is 1. The van der Waals surface area contributed by atoms with E-state index < -0.39 is 5.60 Å². The van der Waals surface area contributed by atoms with Crippen molar-refractivity contribution in [2.24, 2.45) is 0 Å². The molecule has 2 fully saturated rings. The number of hydrogen-bond acceptors (Lipinski definition) is 3. The SMILES string of the molecule is OC1(COc2ccccc2CNC2CC2)CCCCC1. The minimum absolute atomic E-state index is 0.424. The second-order valence-corrected chi connectivity index (χ2v) is 6.34. The summed E-state index contributed by atoms with van der Waals surface area (Å²) in [6, 6.07) is 8.86. The average molecular weight is 275 g/mol. The fourth-order valence-electron chi connectivity index (χ4n) is 2.90. The quantitative estimate of drug-likeness (QED) is 0.838. The number of aliphatic hydroxyl groups is 1.